The number of hydrogen-bond acceptors (Lipinski definition) is 5. The molecule has 4 rings (SSSR count). The lowest BCUT2D eigenvalue weighted by Crippen LogP contribution is -2.12. The number of hydrogen-bond donors (Lipinski definition) is 3. The van der Waals surface area contributed by atoms with Gasteiger partial charge in [0.2, 0.25) is 5.91 Å². The minimum absolute atomic E-state index is 0.0102. The third-order valence-corrected chi connectivity index (χ3v) is 5.91. The summed E-state index contributed by atoms with van der Waals surface area (Å²) in [5.74, 6) is 0.207. The van der Waals surface area contributed by atoms with Gasteiger partial charge < -0.3 is 16.2 Å². The number of anilines is 2. The smallest absolute Gasteiger partial charge is 0.224 e. The first-order valence-corrected chi connectivity index (χ1v) is 12.0. The number of benzene rings is 3. The van der Waals surface area contributed by atoms with E-state index in [9.17, 15) is 9.90 Å². The maximum atomic E-state index is 12.4. The van der Waals surface area contributed by atoms with Crippen LogP contribution in [0.15, 0.2) is 79.0 Å². The molecule has 0 saturated carbocycles. The fourth-order valence-corrected chi connectivity index (χ4v) is 3.98. The van der Waals surface area contributed by atoms with E-state index in [1.54, 1.807) is 18.2 Å². The summed E-state index contributed by atoms with van der Waals surface area (Å²) < 4.78 is 1.83. The molecule has 0 spiro atoms. The largest absolute Gasteiger partial charge is 0.508 e. The second-order valence-corrected chi connectivity index (χ2v) is 8.65. The zero-order valence-electron chi connectivity index (χ0n) is 19.7. The number of aromatic hydroxyl groups is 1. The van der Waals surface area contributed by atoms with Crippen LogP contribution in [-0.2, 0) is 11.3 Å². The summed E-state index contributed by atoms with van der Waals surface area (Å²) in [7, 11) is 0. The monoisotopic (exact) mass is 469 g/mol. The van der Waals surface area contributed by atoms with Gasteiger partial charge in [-0.2, -0.15) is 0 Å². The number of rotatable bonds is 11. The van der Waals surface area contributed by atoms with Gasteiger partial charge in [0.05, 0.1) is 17.6 Å². The molecule has 7 heteroatoms. The van der Waals surface area contributed by atoms with Crippen molar-refractivity contribution in [2.45, 2.75) is 45.1 Å². The predicted octanol–water partition coefficient (Wildman–Crippen LogP) is 5.88. The van der Waals surface area contributed by atoms with Crippen molar-refractivity contribution in [3.63, 3.8) is 0 Å². The Balaban J connectivity index is 1.14. The van der Waals surface area contributed by atoms with Gasteiger partial charge in [-0.15, -0.1) is 5.10 Å². The van der Waals surface area contributed by atoms with Crippen molar-refractivity contribution in [3.8, 4) is 28.1 Å². The van der Waals surface area contributed by atoms with Crippen LogP contribution in [0, 0.1) is 0 Å². The summed E-state index contributed by atoms with van der Waals surface area (Å²) in [5, 5.41) is 20.9. The highest BCUT2D eigenvalue weighted by atomic mass is 16.3. The number of nitrogen functional groups attached to an aromatic ring is 1. The predicted molar refractivity (Wildman–Crippen MR) is 140 cm³/mol. The van der Waals surface area contributed by atoms with Crippen LogP contribution < -0.4 is 11.1 Å². The van der Waals surface area contributed by atoms with Crippen molar-refractivity contribution in [1.82, 2.24) is 15.0 Å². The van der Waals surface area contributed by atoms with Gasteiger partial charge in [-0.05, 0) is 48.2 Å². The molecule has 1 aromatic heterocycles. The van der Waals surface area contributed by atoms with Crippen LogP contribution in [0.2, 0.25) is 0 Å². The van der Waals surface area contributed by atoms with Crippen LogP contribution in [0.5, 0.6) is 5.75 Å². The number of unbranched alkanes of at least 4 members (excludes halogenated alkanes) is 4. The van der Waals surface area contributed by atoms with E-state index in [0.717, 1.165) is 61.0 Å². The van der Waals surface area contributed by atoms with Gasteiger partial charge in [0, 0.05) is 18.5 Å². The molecule has 0 unspecified atom stereocenters. The highest BCUT2D eigenvalue weighted by Crippen LogP contribution is 2.27. The van der Waals surface area contributed by atoms with E-state index in [1.807, 2.05) is 65.5 Å². The molecule has 0 saturated heterocycles. The summed E-state index contributed by atoms with van der Waals surface area (Å²) in [6.45, 7) is 0.795. The van der Waals surface area contributed by atoms with Crippen molar-refractivity contribution in [1.29, 1.82) is 0 Å². The lowest BCUT2D eigenvalue weighted by molar-refractivity contribution is -0.116. The Kier molecular flexibility index (Phi) is 8.12. The van der Waals surface area contributed by atoms with Crippen LogP contribution in [-0.4, -0.2) is 26.0 Å². The molecule has 0 fully saturated rings. The van der Waals surface area contributed by atoms with Crippen LogP contribution in [0.4, 0.5) is 11.4 Å². The summed E-state index contributed by atoms with van der Waals surface area (Å²) in [6.07, 6.45) is 7.34. The maximum absolute atomic E-state index is 12.4. The average molecular weight is 470 g/mol. The Labute approximate surface area is 205 Å². The molecule has 1 amide bonds. The van der Waals surface area contributed by atoms with E-state index in [0.29, 0.717) is 17.8 Å². The van der Waals surface area contributed by atoms with Crippen molar-refractivity contribution >= 4 is 17.3 Å². The van der Waals surface area contributed by atoms with Gasteiger partial charge >= 0.3 is 0 Å². The summed E-state index contributed by atoms with van der Waals surface area (Å²) in [5.41, 5.74) is 11.0. The Hall–Kier alpha value is -4.13. The van der Waals surface area contributed by atoms with E-state index in [2.05, 4.69) is 15.6 Å². The SMILES string of the molecule is Nc1ccc(-c2ccccc2)cc1NC(=O)CCCCCCCn1cc(-c2cccc(O)c2)nn1. The van der Waals surface area contributed by atoms with E-state index < -0.39 is 0 Å². The van der Waals surface area contributed by atoms with Crippen LogP contribution in [0.1, 0.15) is 38.5 Å². The zero-order chi connectivity index (χ0) is 24.5. The molecule has 180 valence electrons. The Morgan fingerprint density at radius 3 is 2.46 bits per heavy atom. The molecule has 35 heavy (non-hydrogen) atoms. The summed E-state index contributed by atoms with van der Waals surface area (Å²) >= 11 is 0. The van der Waals surface area contributed by atoms with Gasteiger partial charge in [-0.25, -0.2) is 0 Å². The minimum Gasteiger partial charge on any atom is -0.508 e. The molecule has 3 aromatic carbocycles. The highest BCUT2D eigenvalue weighted by Gasteiger charge is 2.08. The van der Waals surface area contributed by atoms with E-state index in [1.165, 1.54) is 0 Å². The number of carbonyl (C=O) groups excluding carboxylic acids is 1. The average Bonchev–Trinajstić information content (AvgIpc) is 3.34. The number of nitrogens with two attached hydrogens (primary N) is 1. The second-order valence-electron chi connectivity index (χ2n) is 8.65. The summed E-state index contributed by atoms with van der Waals surface area (Å²) in [4.78, 5) is 12.4. The highest BCUT2D eigenvalue weighted by molar-refractivity contribution is 5.95. The lowest BCUT2D eigenvalue weighted by Gasteiger charge is -2.11. The van der Waals surface area contributed by atoms with Crippen LogP contribution in [0.3, 0.4) is 0 Å². The van der Waals surface area contributed by atoms with Gasteiger partial charge in [0.25, 0.3) is 0 Å². The molecule has 0 radical (unpaired) electrons. The molecular formula is C28H31N5O2. The number of nitrogens with zero attached hydrogens (tertiary/aromatic N) is 3. The van der Waals surface area contributed by atoms with Crippen LogP contribution >= 0.6 is 0 Å². The topological polar surface area (TPSA) is 106 Å². The normalized spacial score (nSPS) is 10.9. The molecule has 0 aliphatic carbocycles. The minimum atomic E-state index is -0.0102. The zero-order valence-corrected chi connectivity index (χ0v) is 19.7. The van der Waals surface area contributed by atoms with E-state index in [4.69, 9.17) is 5.73 Å². The molecule has 0 aliphatic rings. The molecule has 0 aliphatic heterocycles. The Bertz CT molecular complexity index is 1250. The third kappa shape index (κ3) is 6.93. The Morgan fingerprint density at radius 1 is 0.857 bits per heavy atom. The first kappa shape index (κ1) is 24.0. The standard InChI is InChI=1S/C28H31N5O2/c29-25-16-15-22(21-10-5-4-6-11-21)19-26(25)30-28(35)14-7-2-1-3-8-17-33-20-27(31-32-33)23-12-9-13-24(34)18-23/h4-6,9-13,15-16,18-20,34H,1-3,7-8,14,17,29H2,(H,30,35). The molecule has 4 N–H and O–H groups in total. The molecule has 4 aromatic rings. The first-order valence-electron chi connectivity index (χ1n) is 12.0. The number of phenolic OH excluding ortho intramolecular Hbond substituents is 1. The molecule has 0 atom stereocenters. The number of carbonyl (C=O) groups is 1. The van der Waals surface area contributed by atoms with Gasteiger partial charge in [-0.1, -0.05) is 73.0 Å². The number of nitrogens with one attached hydrogen (secondary N) is 1. The summed E-state index contributed by atoms with van der Waals surface area (Å²) in [6, 6.07) is 22.8. The number of phenols is 1. The van der Waals surface area contributed by atoms with Crippen molar-refractivity contribution < 1.29 is 9.90 Å². The number of amides is 1. The van der Waals surface area contributed by atoms with Crippen molar-refractivity contribution in [2.75, 3.05) is 11.1 Å². The second kappa shape index (κ2) is 11.8. The molecule has 0 bridgehead atoms. The van der Waals surface area contributed by atoms with E-state index in [-0.39, 0.29) is 11.7 Å². The quantitative estimate of drug-likeness (QED) is 0.188. The van der Waals surface area contributed by atoms with Crippen molar-refractivity contribution in [3.05, 3.63) is 79.0 Å². The first-order chi connectivity index (χ1) is 17.1. The number of aromatic nitrogens is 3. The third-order valence-electron chi connectivity index (χ3n) is 5.91. The van der Waals surface area contributed by atoms with Crippen LogP contribution in [0.25, 0.3) is 22.4 Å². The van der Waals surface area contributed by atoms with E-state index >= 15 is 0 Å². The number of aryl methyl sites for hydroxylation is 1. The Morgan fingerprint density at radius 2 is 1.63 bits per heavy atom. The molecule has 1 heterocycles. The molecular weight excluding hydrogens is 438 g/mol. The maximum Gasteiger partial charge on any atom is 0.224 e. The fourth-order valence-electron chi connectivity index (χ4n) is 3.98. The lowest BCUT2D eigenvalue weighted by atomic mass is 10.0. The fraction of sp³-hybridized carbons (Fsp3) is 0.250. The molecule has 7 nitrogen and oxygen atoms in total. The van der Waals surface area contributed by atoms with Gasteiger partial charge in [0.1, 0.15) is 11.4 Å². The van der Waals surface area contributed by atoms with Crippen molar-refractivity contribution in [2.24, 2.45) is 0 Å². The van der Waals surface area contributed by atoms with Gasteiger partial charge in [-0.3, -0.25) is 9.48 Å². The van der Waals surface area contributed by atoms with Gasteiger partial charge in [0.15, 0.2) is 0 Å².